The summed E-state index contributed by atoms with van der Waals surface area (Å²) in [5.41, 5.74) is 0.558. The molecule has 2 fully saturated rings. The van der Waals surface area contributed by atoms with Gasteiger partial charge in [0.15, 0.2) is 0 Å². The summed E-state index contributed by atoms with van der Waals surface area (Å²) >= 11 is 0. The number of alkyl halides is 3. The number of hydrogen-bond acceptors (Lipinski definition) is 6. The number of rotatable bonds is 5. The molecule has 3 aromatic rings. The van der Waals surface area contributed by atoms with Crippen molar-refractivity contribution in [1.29, 1.82) is 0 Å². The van der Waals surface area contributed by atoms with Gasteiger partial charge in [-0.2, -0.15) is 18.3 Å². The number of halogens is 3. The Labute approximate surface area is 212 Å². The fourth-order valence-corrected chi connectivity index (χ4v) is 5.16. The van der Waals surface area contributed by atoms with Crippen LogP contribution in [0, 0.1) is 5.92 Å². The maximum atomic E-state index is 13.1. The molecule has 1 saturated heterocycles. The summed E-state index contributed by atoms with van der Waals surface area (Å²) in [6.45, 7) is 3.89. The van der Waals surface area contributed by atoms with E-state index < -0.39 is 17.8 Å². The zero-order valence-corrected chi connectivity index (χ0v) is 20.5. The molecule has 1 aliphatic heterocycles. The van der Waals surface area contributed by atoms with Crippen molar-refractivity contribution in [3.63, 3.8) is 0 Å². The maximum absolute atomic E-state index is 13.1. The van der Waals surface area contributed by atoms with Gasteiger partial charge in [0.05, 0.1) is 35.6 Å². The van der Waals surface area contributed by atoms with Crippen molar-refractivity contribution in [3.05, 3.63) is 47.9 Å². The minimum atomic E-state index is -4.64. The van der Waals surface area contributed by atoms with Crippen LogP contribution in [0.25, 0.3) is 10.9 Å². The van der Waals surface area contributed by atoms with Crippen LogP contribution in [0.1, 0.15) is 54.8 Å². The first-order chi connectivity index (χ1) is 17.7. The van der Waals surface area contributed by atoms with E-state index in [1.807, 2.05) is 29.9 Å². The number of pyridine rings is 1. The molecule has 1 atom stereocenters. The van der Waals surface area contributed by atoms with Gasteiger partial charge in [-0.05, 0) is 62.8 Å². The predicted octanol–water partition coefficient (Wildman–Crippen LogP) is 4.65. The van der Waals surface area contributed by atoms with Gasteiger partial charge >= 0.3 is 6.18 Å². The lowest BCUT2D eigenvalue weighted by Crippen LogP contribution is -2.41. The monoisotopic (exact) mass is 517 g/mol. The van der Waals surface area contributed by atoms with Gasteiger partial charge in [-0.3, -0.25) is 9.48 Å². The molecule has 0 unspecified atom stereocenters. The summed E-state index contributed by atoms with van der Waals surface area (Å²) in [4.78, 5) is 18.6. The Morgan fingerprint density at radius 2 is 2.00 bits per heavy atom. The molecule has 198 valence electrons. The van der Waals surface area contributed by atoms with Crippen molar-refractivity contribution in [2.75, 3.05) is 36.5 Å². The summed E-state index contributed by atoms with van der Waals surface area (Å²) < 4.78 is 47.1. The molecule has 2 aliphatic rings. The third-order valence-electron chi connectivity index (χ3n) is 7.19. The molecule has 0 bridgehead atoms. The van der Waals surface area contributed by atoms with Crippen LogP contribution < -0.4 is 10.2 Å². The number of aliphatic hydroxyl groups is 1. The predicted molar refractivity (Wildman–Crippen MR) is 133 cm³/mol. The average Bonchev–Trinajstić information content (AvgIpc) is 3.31. The Balaban J connectivity index is 1.47. The van der Waals surface area contributed by atoms with Gasteiger partial charge in [-0.1, -0.05) is 6.07 Å². The fraction of sp³-hybridized carbons (Fsp3) is 0.500. The number of nitrogens with zero attached hydrogens (tertiary/aromatic N) is 4. The zero-order valence-electron chi connectivity index (χ0n) is 20.5. The molecule has 3 heterocycles. The van der Waals surface area contributed by atoms with Crippen LogP contribution >= 0.6 is 0 Å². The van der Waals surface area contributed by atoms with Crippen molar-refractivity contribution in [3.8, 4) is 0 Å². The van der Waals surface area contributed by atoms with E-state index in [2.05, 4.69) is 15.2 Å². The minimum absolute atomic E-state index is 0.0163. The number of aliphatic hydroxyl groups excluding tert-OH is 1. The van der Waals surface area contributed by atoms with Gasteiger partial charge in [0.2, 0.25) is 0 Å². The molecule has 8 nitrogen and oxygen atoms in total. The number of anilines is 2. The van der Waals surface area contributed by atoms with Crippen LogP contribution in [0.3, 0.4) is 0 Å². The van der Waals surface area contributed by atoms with Gasteiger partial charge in [-0.15, -0.1) is 0 Å². The van der Waals surface area contributed by atoms with E-state index in [9.17, 15) is 23.1 Å². The molecular weight excluding hydrogens is 487 g/mol. The van der Waals surface area contributed by atoms with Crippen molar-refractivity contribution < 1.29 is 27.8 Å². The summed E-state index contributed by atoms with van der Waals surface area (Å²) in [6, 6.07) is 7.24. The second kappa shape index (κ2) is 10.3. The molecule has 1 amide bonds. The summed E-state index contributed by atoms with van der Waals surface area (Å²) in [5, 5.41) is 17.9. The fourth-order valence-electron chi connectivity index (χ4n) is 5.16. The standard InChI is InChI=1S/C26H30F3N5O3/c1-16-13-33(9-10-37-16)23-12-21-18(14-34(32-21)19-7-5-17(15-35)6-8-19)11-22(23)31-25(36)20-3-2-4-24(30-20)26(27,28)29/h2-4,11-12,14,16-17,19,35H,5-10,13,15H2,1H3,(H,31,36)/t16-,17?,19?/m0/s1. The van der Waals surface area contributed by atoms with Crippen molar-refractivity contribution in [2.45, 2.75) is 50.9 Å². The molecule has 2 N–H and O–H groups in total. The van der Waals surface area contributed by atoms with Gasteiger partial charge in [0.25, 0.3) is 5.91 Å². The van der Waals surface area contributed by atoms with E-state index in [0.29, 0.717) is 31.3 Å². The van der Waals surface area contributed by atoms with Crippen LogP contribution in [0.4, 0.5) is 24.5 Å². The summed E-state index contributed by atoms with van der Waals surface area (Å²) in [5.74, 6) is -0.384. The molecule has 5 rings (SSSR count). The number of nitrogens with one attached hydrogen (secondary N) is 1. The van der Waals surface area contributed by atoms with Crippen LogP contribution in [0.2, 0.25) is 0 Å². The number of carbonyl (C=O) groups excluding carboxylic acids is 1. The topological polar surface area (TPSA) is 92.5 Å². The Kier molecular flexibility index (Phi) is 7.09. The molecule has 0 spiro atoms. The van der Waals surface area contributed by atoms with E-state index in [4.69, 9.17) is 9.84 Å². The smallest absolute Gasteiger partial charge is 0.396 e. The number of hydrogen-bond donors (Lipinski definition) is 2. The van der Waals surface area contributed by atoms with E-state index in [-0.39, 0.29) is 24.4 Å². The van der Waals surface area contributed by atoms with Crippen LogP contribution in [-0.2, 0) is 10.9 Å². The lowest BCUT2D eigenvalue weighted by Gasteiger charge is -2.34. The first kappa shape index (κ1) is 25.5. The Morgan fingerprint density at radius 3 is 2.70 bits per heavy atom. The SMILES string of the molecule is C[C@H]1CN(c2cc3nn(C4CCC(CO)CC4)cc3cc2NC(=O)c2cccc(C(F)(F)F)n2)CCO1. The van der Waals surface area contributed by atoms with E-state index >= 15 is 0 Å². The number of aromatic nitrogens is 3. The molecular formula is C26H30F3N5O3. The first-order valence-electron chi connectivity index (χ1n) is 12.6. The summed E-state index contributed by atoms with van der Waals surface area (Å²) in [6.07, 6.45) is 1.03. The zero-order chi connectivity index (χ0) is 26.2. The van der Waals surface area contributed by atoms with E-state index in [1.54, 1.807) is 0 Å². The number of fused-ring (bicyclic) bond motifs is 1. The molecule has 0 radical (unpaired) electrons. The molecule has 1 saturated carbocycles. The van der Waals surface area contributed by atoms with Crippen LogP contribution in [0.15, 0.2) is 36.5 Å². The lowest BCUT2D eigenvalue weighted by molar-refractivity contribution is -0.141. The van der Waals surface area contributed by atoms with E-state index in [0.717, 1.165) is 48.3 Å². The van der Waals surface area contributed by atoms with Crippen LogP contribution in [-0.4, -0.2) is 58.2 Å². The highest BCUT2D eigenvalue weighted by Crippen LogP contribution is 2.36. The van der Waals surface area contributed by atoms with Gasteiger partial charge in [0, 0.05) is 31.3 Å². The quantitative estimate of drug-likeness (QED) is 0.512. The van der Waals surface area contributed by atoms with Crippen LogP contribution in [0.5, 0.6) is 0 Å². The first-order valence-corrected chi connectivity index (χ1v) is 12.6. The second-order valence-corrected chi connectivity index (χ2v) is 9.88. The minimum Gasteiger partial charge on any atom is -0.396 e. The number of amides is 1. The average molecular weight is 518 g/mol. The molecule has 1 aliphatic carbocycles. The number of benzene rings is 1. The highest BCUT2D eigenvalue weighted by Gasteiger charge is 2.33. The lowest BCUT2D eigenvalue weighted by atomic mass is 9.87. The Morgan fingerprint density at radius 1 is 1.22 bits per heavy atom. The molecule has 2 aromatic heterocycles. The third kappa shape index (κ3) is 5.57. The Hall–Kier alpha value is -3.18. The number of morpholine rings is 1. The number of ether oxygens (including phenoxy) is 1. The highest BCUT2D eigenvalue weighted by molar-refractivity contribution is 6.06. The van der Waals surface area contributed by atoms with Gasteiger partial charge < -0.3 is 20.1 Å². The van der Waals surface area contributed by atoms with Crippen molar-refractivity contribution in [1.82, 2.24) is 14.8 Å². The van der Waals surface area contributed by atoms with Crippen molar-refractivity contribution in [2.24, 2.45) is 5.92 Å². The molecule has 11 heteroatoms. The second-order valence-electron chi connectivity index (χ2n) is 9.88. The molecule has 37 heavy (non-hydrogen) atoms. The van der Waals surface area contributed by atoms with E-state index in [1.165, 1.54) is 12.1 Å². The normalized spacial score (nSPS) is 22.8. The van der Waals surface area contributed by atoms with Gasteiger partial charge in [-0.25, -0.2) is 4.98 Å². The Bertz CT molecular complexity index is 1270. The number of carbonyl (C=O) groups is 1. The van der Waals surface area contributed by atoms with Crippen molar-refractivity contribution >= 4 is 28.2 Å². The highest BCUT2D eigenvalue weighted by atomic mass is 19.4. The largest absolute Gasteiger partial charge is 0.433 e. The summed E-state index contributed by atoms with van der Waals surface area (Å²) in [7, 11) is 0. The maximum Gasteiger partial charge on any atom is 0.433 e. The van der Waals surface area contributed by atoms with Gasteiger partial charge in [0.1, 0.15) is 11.4 Å². The third-order valence-corrected chi connectivity index (χ3v) is 7.19. The molecule has 1 aromatic carbocycles.